The number of anilines is 1. The Labute approximate surface area is 168 Å². The lowest BCUT2D eigenvalue weighted by Crippen LogP contribution is -2.14. The van der Waals surface area contributed by atoms with E-state index in [4.69, 9.17) is 14.2 Å². The lowest BCUT2D eigenvalue weighted by Gasteiger charge is -2.13. The fourth-order valence-electron chi connectivity index (χ4n) is 2.63. The summed E-state index contributed by atoms with van der Waals surface area (Å²) in [4.78, 5) is 23.7. The maximum Gasteiger partial charge on any atom is 0.276 e. The van der Waals surface area contributed by atoms with E-state index in [0.29, 0.717) is 28.5 Å². The van der Waals surface area contributed by atoms with Crippen molar-refractivity contribution in [3.05, 3.63) is 66.0 Å². The number of rotatable bonds is 8. The van der Waals surface area contributed by atoms with Crippen molar-refractivity contribution in [1.82, 2.24) is 9.78 Å². The Bertz CT molecular complexity index is 989. The summed E-state index contributed by atoms with van der Waals surface area (Å²) in [6.45, 7) is 1.56. The largest absolute Gasteiger partial charge is 0.493 e. The molecule has 2 aromatic carbocycles. The first-order chi connectivity index (χ1) is 14.0. The first kappa shape index (κ1) is 19.9. The molecule has 3 aromatic rings. The van der Waals surface area contributed by atoms with E-state index in [0.717, 1.165) is 0 Å². The molecule has 150 valence electrons. The van der Waals surface area contributed by atoms with Crippen LogP contribution in [0.5, 0.6) is 17.2 Å². The van der Waals surface area contributed by atoms with E-state index in [9.17, 15) is 9.59 Å². The van der Waals surface area contributed by atoms with Gasteiger partial charge in [-0.15, -0.1) is 0 Å². The zero-order valence-electron chi connectivity index (χ0n) is 16.3. The van der Waals surface area contributed by atoms with Gasteiger partial charge in [-0.1, -0.05) is 6.07 Å². The van der Waals surface area contributed by atoms with Crippen molar-refractivity contribution in [3.8, 4) is 17.2 Å². The molecular formula is C21H21N3O5. The van der Waals surface area contributed by atoms with Crippen LogP contribution < -0.4 is 19.5 Å². The van der Waals surface area contributed by atoms with Gasteiger partial charge in [-0.2, -0.15) is 5.10 Å². The Morgan fingerprint density at radius 3 is 2.24 bits per heavy atom. The predicted molar refractivity (Wildman–Crippen MR) is 107 cm³/mol. The van der Waals surface area contributed by atoms with Crippen LogP contribution in [0.4, 0.5) is 5.69 Å². The van der Waals surface area contributed by atoms with Gasteiger partial charge in [0.2, 0.25) is 5.75 Å². The molecule has 1 N–H and O–H groups in total. The van der Waals surface area contributed by atoms with Gasteiger partial charge in [0.1, 0.15) is 0 Å². The average Bonchev–Trinajstić information content (AvgIpc) is 3.21. The summed E-state index contributed by atoms with van der Waals surface area (Å²) in [6.07, 6.45) is 1.63. The number of benzene rings is 2. The SMILES string of the molecule is COc1cccc(OC)c1OCn1ccc(C(=O)Nc2ccc(C(C)=O)cc2)n1. The molecule has 1 aromatic heterocycles. The summed E-state index contributed by atoms with van der Waals surface area (Å²) in [5.41, 5.74) is 1.39. The fourth-order valence-corrected chi connectivity index (χ4v) is 2.63. The van der Waals surface area contributed by atoms with E-state index >= 15 is 0 Å². The molecule has 0 aliphatic rings. The number of Topliss-reactive ketones (excluding diaryl/α,β-unsaturated/α-hetero) is 1. The first-order valence-electron chi connectivity index (χ1n) is 8.81. The topological polar surface area (TPSA) is 91.7 Å². The third-order valence-corrected chi connectivity index (χ3v) is 4.15. The number of nitrogens with one attached hydrogen (secondary N) is 1. The number of hydrogen-bond donors (Lipinski definition) is 1. The van der Waals surface area contributed by atoms with E-state index in [1.165, 1.54) is 11.6 Å². The number of nitrogens with zero attached hydrogens (tertiary/aromatic N) is 2. The molecule has 8 nitrogen and oxygen atoms in total. The van der Waals surface area contributed by atoms with Crippen molar-refractivity contribution >= 4 is 17.4 Å². The van der Waals surface area contributed by atoms with E-state index in [-0.39, 0.29) is 24.1 Å². The van der Waals surface area contributed by atoms with Crippen LogP contribution in [-0.4, -0.2) is 35.7 Å². The number of amides is 1. The van der Waals surface area contributed by atoms with Gasteiger partial charge in [0, 0.05) is 17.4 Å². The number of para-hydroxylation sites is 1. The molecule has 1 amide bonds. The lowest BCUT2D eigenvalue weighted by molar-refractivity contribution is 0.101. The Kier molecular flexibility index (Phi) is 6.13. The summed E-state index contributed by atoms with van der Waals surface area (Å²) in [5, 5.41) is 6.96. The minimum Gasteiger partial charge on any atom is -0.493 e. The summed E-state index contributed by atoms with van der Waals surface area (Å²) < 4.78 is 17.8. The number of ether oxygens (including phenoxy) is 3. The van der Waals surface area contributed by atoms with Crippen LogP contribution in [0.2, 0.25) is 0 Å². The summed E-state index contributed by atoms with van der Waals surface area (Å²) in [7, 11) is 3.09. The zero-order chi connectivity index (χ0) is 20.8. The zero-order valence-corrected chi connectivity index (χ0v) is 16.3. The molecule has 29 heavy (non-hydrogen) atoms. The standard InChI is InChI=1S/C21H21N3O5/c1-14(25)15-7-9-16(10-8-15)22-21(26)17-11-12-24(23-17)13-29-20-18(27-2)5-4-6-19(20)28-3/h4-12H,13H2,1-3H3,(H,22,26). The molecule has 1 heterocycles. The quantitative estimate of drug-likeness (QED) is 0.588. The molecule has 0 atom stereocenters. The first-order valence-corrected chi connectivity index (χ1v) is 8.81. The minimum atomic E-state index is -0.366. The molecule has 0 bridgehead atoms. The highest BCUT2D eigenvalue weighted by molar-refractivity contribution is 6.03. The minimum absolute atomic E-state index is 0.0340. The third-order valence-electron chi connectivity index (χ3n) is 4.15. The van der Waals surface area contributed by atoms with Crippen molar-refractivity contribution in [2.24, 2.45) is 0 Å². The second-order valence-electron chi connectivity index (χ2n) is 6.09. The molecule has 8 heteroatoms. The van der Waals surface area contributed by atoms with Gasteiger partial charge in [0.05, 0.1) is 14.2 Å². The van der Waals surface area contributed by atoms with Crippen LogP contribution in [-0.2, 0) is 6.73 Å². The number of methoxy groups -OCH3 is 2. The second-order valence-corrected chi connectivity index (χ2v) is 6.09. The highest BCUT2D eigenvalue weighted by atomic mass is 16.5. The van der Waals surface area contributed by atoms with Crippen molar-refractivity contribution in [2.45, 2.75) is 13.7 Å². The van der Waals surface area contributed by atoms with Crippen LogP contribution >= 0.6 is 0 Å². The van der Waals surface area contributed by atoms with E-state index in [2.05, 4.69) is 10.4 Å². The summed E-state index contributed by atoms with van der Waals surface area (Å²) in [6, 6.07) is 13.6. The Balaban J connectivity index is 1.65. The Morgan fingerprint density at radius 1 is 1.00 bits per heavy atom. The molecule has 0 unspecified atom stereocenters. The number of aromatic nitrogens is 2. The summed E-state index contributed by atoms with van der Waals surface area (Å²) in [5.74, 6) is 1.11. The van der Waals surface area contributed by atoms with Crippen LogP contribution in [0, 0.1) is 0 Å². The van der Waals surface area contributed by atoms with Crippen molar-refractivity contribution in [2.75, 3.05) is 19.5 Å². The number of carbonyl (C=O) groups excluding carboxylic acids is 2. The molecule has 0 aliphatic heterocycles. The van der Waals surface area contributed by atoms with Crippen molar-refractivity contribution in [1.29, 1.82) is 0 Å². The van der Waals surface area contributed by atoms with Gasteiger partial charge in [-0.3, -0.25) is 9.59 Å². The molecule has 0 saturated heterocycles. The molecule has 0 radical (unpaired) electrons. The predicted octanol–water partition coefficient (Wildman–Crippen LogP) is 3.39. The molecule has 0 spiro atoms. The van der Waals surface area contributed by atoms with Gasteiger partial charge >= 0.3 is 0 Å². The van der Waals surface area contributed by atoms with Crippen molar-refractivity contribution < 1.29 is 23.8 Å². The monoisotopic (exact) mass is 395 g/mol. The highest BCUT2D eigenvalue weighted by Gasteiger charge is 2.13. The fraction of sp³-hybridized carbons (Fsp3) is 0.190. The second kappa shape index (κ2) is 8.92. The lowest BCUT2D eigenvalue weighted by atomic mass is 10.1. The van der Waals surface area contributed by atoms with Gasteiger partial charge < -0.3 is 19.5 Å². The number of ketones is 1. The van der Waals surface area contributed by atoms with E-state index in [1.807, 2.05) is 0 Å². The van der Waals surface area contributed by atoms with E-state index < -0.39 is 0 Å². The van der Waals surface area contributed by atoms with Crippen LogP contribution in [0.15, 0.2) is 54.7 Å². The Hall–Kier alpha value is -3.81. The molecule has 3 rings (SSSR count). The van der Waals surface area contributed by atoms with Gasteiger partial charge in [0.15, 0.2) is 29.7 Å². The van der Waals surface area contributed by atoms with Crippen LogP contribution in [0.25, 0.3) is 0 Å². The maximum absolute atomic E-state index is 12.4. The number of hydrogen-bond acceptors (Lipinski definition) is 6. The number of carbonyl (C=O) groups is 2. The maximum atomic E-state index is 12.4. The molecule has 0 saturated carbocycles. The van der Waals surface area contributed by atoms with Gasteiger partial charge in [-0.25, -0.2) is 4.68 Å². The van der Waals surface area contributed by atoms with E-state index in [1.54, 1.807) is 68.9 Å². The summed E-state index contributed by atoms with van der Waals surface area (Å²) >= 11 is 0. The van der Waals surface area contributed by atoms with Crippen molar-refractivity contribution in [3.63, 3.8) is 0 Å². The van der Waals surface area contributed by atoms with Gasteiger partial charge in [0.25, 0.3) is 5.91 Å². The third kappa shape index (κ3) is 4.73. The molecular weight excluding hydrogens is 374 g/mol. The normalized spacial score (nSPS) is 10.3. The Morgan fingerprint density at radius 2 is 1.66 bits per heavy atom. The van der Waals surface area contributed by atoms with Crippen LogP contribution in [0.3, 0.4) is 0 Å². The highest BCUT2D eigenvalue weighted by Crippen LogP contribution is 2.36. The average molecular weight is 395 g/mol. The molecule has 0 aliphatic carbocycles. The van der Waals surface area contributed by atoms with Gasteiger partial charge in [-0.05, 0) is 49.4 Å². The van der Waals surface area contributed by atoms with Crippen LogP contribution in [0.1, 0.15) is 27.8 Å². The molecule has 0 fully saturated rings. The smallest absolute Gasteiger partial charge is 0.276 e.